The Morgan fingerprint density at radius 2 is 1.87 bits per heavy atom. The van der Waals surface area contributed by atoms with Crippen molar-refractivity contribution in [3.63, 3.8) is 0 Å². The van der Waals surface area contributed by atoms with Crippen LogP contribution in [0, 0.1) is 20.5 Å². The van der Waals surface area contributed by atoms with Gasteiger partial charge in [0.15, 0.2) is 0 Å². The van der Waals surface area contributed by atoms with Gasteiger partial charge in [-0.25, -0.2) is 0 Å². The van der Waals surface area contributed by atoms with Crippen LogP contribution in [-0.2, 0) is 28.1 Å². The van der Waals surface area contributed by atoms with Crippen LogP contribution < -0.4 is 0 Å². The molecule has 0 N–H and O–H groups in total. The van der Waals surface area contributed by atoms with Crippen molar-refractivity contribution in [3.8, 4) is 0 Å². The molecule has 0 spiro atoms. The smallest absolute Gasteiger partial charge is 0.358 e. The molecule has 0 fully saturated rings. The SMILES string of the molecule is CC.Cc1ccc2[c-]nn(C)c2n1.[CH3-].[W+2]. The number of hydrogen-bond acceptors (Lipinski definition) is 2. The Balaban J connectivity index is 0. The first-order valence-corrected chi connectivity index (χ1v) is 4.45. The first-order chi connectivity index (χ1) is 6.27. The Kier molecular flexibility index (Phi) is 8.45. The summed E-state index contributed by atoms with van der Waals surface area (Å²) in [4.78, 5) is 4.30. The summed E-state index contributed by atoms with van der Waals surface area (Å²) < 4.78 is 1.72. The summed E-state index contributed by atoms with van der Waals surface area (Å²) in [7, 11) is 1.87. The second-order valence-corrected chi connectivity index (χ2v) is 2.56. The monoisotopic (exact) mass is 375 g/mol. The Labute approximate surface area is 106 Å². The van der Waals surface area contributed by atoms with Crippen LogP contribution in [0.2, 0.25) is 0 Å². The van der Waals surface area contributed by atoms with Crippen molar-refractivity contribution < 1.29 is 21.1 Å². The van der Waals surface area contributed by atoms with Crippen molar-refractivity contribution in [1.29, 1.82) is 0 Å². The topological polar surface area (TPSA) is 30.7 Å². The minimum atomic E-state index is 0. The Bertz CT molecular complexity index is 396. The average molecular weight is 375 g/mol. The van der Waals surface area contributed by atoms with E-state index in [-0.39, 0.29) is 28.5 Å². The maximum absolute atomic E-state index is 4.30. The van der Waals surface area contributed by atoms with E-state index in [9.17, 15) is 0 Å². The van der Waals surface area contributed by atoms with Crippen molar-refractivity contribution in [2.45, 2.75) is 20.8 Å². The van der Waals surface area contributed by atoms with Crippen molar-refractivity contribution in [2.75, 3.05) is 0 Å². The van der Waals surface area contributed by atoms with E-state index in [1.165, 1.54) is 0 Å². The molecular formula is C11H17N3W. The van der Waals surface area contributed by atoms with Gasteiger partial charge in [-0.2, -0.15) is 6.07 Å². The van der Waals surface area contributed by atoms with Crippen LogP contribution in [0.25, 0.3) is 11.0 Å². The van der Waals surface area contributed by atoms with E-state index < -0.39 is 0 Å². The summed E-state index contributed by atoms with van der Waals surface area (Å²) in [5.74, 6) is 0. The first kappa shape index (κ1) is 16.7. The van der Waals surface area contributed by atoms with E-state index >= 15 is 0 Å². The van der Waals surface area contributed by atoms with Crippen LogP contribution in [0.5, 0.6) is 0 Å². The van der Waals surface area contributed by atoms with Crippen molar-refractivity contribution in [1.82, 2.24) is 14.8 Å². The van der Waals surface area contributed by atoms with Crippen LogP contribution in [-0.4, -0.2) is 14.8 Å². The molecule has 82 valence electrons. The van der Waals surface area contributed by atoms with E-state index in [1.54, 1.807) is 4.68 Å². The van der Waals surface area contributed by atoms with Gasteiger partial charge in [-0.1, -0.05) is 19.9 Å². The molecule has 3 nitrogen and oxygen atoms in total. The molecule has 0 radical (unpaired) electrons. The quantitative estimate of drug-likeness (QED) is 0.663. The molecule has 0 atom stereocenters. The molecule has 15 heavy (non-hydrogen) atoms. The summed E-state index contributed by atoms with van der Waals surface area (Å²) in [6, 6.07) is 3.94. The fourth-order valence-corrected chi connectivity index (χ4v) is 1.05. The van der Waals surface area contributed by atoms with Crippen molar-refractivity contribution in [2.24, 2.45) is 7.05 Å². The number of aromatic nitrogens is 3. The van der Waals surface area contributed by atoms with Gasteiger partial charge in [0, 0.05) is 18.4 Å². The van der Waals surface area contributed by atoms with Gasteiger partial charge in [-0.15, -0.1) is 5.39 Å². The summed E-state index contributed by atoms with van der Waals surface area (Å²) in [5, 5.41) is 4.94. The number of fused-ring (bicyclic) bond motifs is 1. The molecule has 2 heterocycles. The Morgan fingerprint density at radius 3 is 2.47 bits per heavy atom. The van der Waals surface area contributed by atoms with Crippen molar-refractivity contribution >= 4 is 11.0 Å². The van der Waals surface area contributed by atoms with Gasteiger partial charge in [0.2, 0.25) is 0 Å². The fraction of sp³-hybridized carbons (Fsp3) is 0.364. The zero-order valence-electron chi connectivity index (χ0n) is 9.90. The Hall–Kier alpha value is -0.692. The third-order valence-electron chi connectivity index (χ3n) is 1.64. The largest absolute Gasteiger partial charge is 2.00 e. The van der Waals surface area contributed by atoms with E-state index in [1.807, 2.05) is 40.0 Å². The molecule has 0 aromatic carbocycles. The van der Waals surface area contributed by atoms with E-state index in [0.29, 0.717) is 0 Å². The van der Waals surface area contributed by atoms with Crippen LogP contribution in [0.1, 0.15) is 19.5 Å². The van der Waals surface area contributed by atoms with E-state index in [2.05, 4.69) is 16.3 Å². The molecule has 2 aromatic heterocycles. The molecule has 0 aliphatic carbocycles. The van der Waals surface area contributed by atoms with Crippen LogP contribution in [0.15, 0.2) is 12.1 Å². The predicted molar refractivity (Wildman–Crippen MR) is 59.8 cm³/mol. The van der Waals surface area contributed by atoms with Gasteiger partial charge in [-0.05, 0) is 13.1 Å². The standard InChI is InChI=1S/C8H8N3.C2H6.CH3.W/c1-6-3-4-7-5-9-11(2)8(7)10-6;1-2;;/h3-4H,1-2H3;1-2H3;1H3;/q-1;;-1;+2. The zero-order valence-corrected chi connectivity index (χ0v) is 12.8. The van der Waals surface area contributed by atoms with Crippen LogP contribution >= 0.6 is 0 Å². The normalized spacial score (nSPS) is 8.27. The molecule has 2 aromatic rings. The minimum Gasteiger partial charge on any atom is -0.358 e. The summed E-state index contributed by atoms with van der Waals surface area (Å²) >= 11 is 0. The fourth-order valence-electron chi connectivity index (χ4n) is 1.05. The predicted octanol–water partition coefficient (Wildman–Crippen LogP) is 2.55. The van der Waals surface area contributed by atoms with Gasteiger partial charge < -0.3 is 12.1 Å². The number of aryl methyl sites for hydroxylation is 2. The van der Waals surface area contributed by atoms with Gasteiger partial charge >= 0.3 is 21.1 Å². The molecule has 4 heteroatoms. The van der Waals surface area contributed by atoms with E-state index in [4.69, 9.17) is 0 Å². The van der Waals surface area contributed by atoms with Gasteiger partial charge in [0.1, 0.15) is 0 Å². The maximum atomic E-state index is 4.30. The number of pyridine rings is 1. The number of rotatable bonds is 0. The van der Waals surface area contributed by atoms with Gasteiger partial charge in [0.25, 0.3) is 0 Å². The summed E-state index contributed by atoms with van der Waals surface area (Å²) in [5.41, 5.74) is 1.90. The molecule has 0 aliphatic heterocycles. The number of hydrogen-bond donors (Lipinski definition) is 0. The molecule has 0 saturated heterocycles. The Morgan fingerprint density at radius 1 is 1.27 bits per heavy atom. The third-order valence-corrected chi connectivity index (χ3v) is 1.64. The molecule has 0 saturated carbocycles. The second-order valence-electron chi connectivity index (χ2n) is 2.56. The average Bonchev–Trinajstić information content (AvgIpc) is 2.52. The molecule has 0 bridgehead atoms. The van der Waals surface area contributed by atoms with Gasteiger partial charge in [0.05, 0.1) is 0 Å². The molecule has 0 amide bonds. The zero-order chi connectivity index (χ0) is 9.84. The molecule has 0 aliphatic rings. The minimum absolute atomic E-state index is 0. The van der Waals surface area contributed by atoms with Crippen LogP contribution in [0.4, 0.5) is 0 Å². The van der Waals surface area contributed by atoms with Crippen molar-refractivity contribution in [3.05, 3.63) is 31.5 Å². The second kappa shape index (κ2) is 7.58. The summed E-state index contributed by atoms with van der Waals surface area (Å²) in [6.07, 6.45) is 2.87. The summed E-state index contributed by atoms with van der Waals surface area (Å²) in [6.45, 7) is 5.96. The first-order valence-electron chi connectivity index (χ1n) is 4.45. The van der Waals surface area contributed by atoms with Crippen LogP contribution in [0.3, 0.4) is 0 Å². The molecular weight excluding hydrogens is 358 g/mol. The molecule has 0 unspecified atom stereocenters. The third kappa shape index (κ3) is 3.75. The van der Waals surface area contributed by atoms with Gasteiger partial charge in [-0.3, -0.25) is 10.1 Å². The van der Waals surface area contributed by atoms with E-state index in [0.717, 1.165) is 16.7 Å². The molecule has 2 rings (SSSR count). The maximum Gasteiger partial charge on any atom is 2.00 e. The number of nitrogens with zero attached hydrogens (tertiary/aromatic N) is 3.